The van der Waals surface area contributed by atoms with Gasteiger partial charge in [0.2, 0.25) is 0 Å². The minimum absolute atomic E-state index is 0.144. The van der Waals surface area contributed by atoms with E-state index in [1.165, 1.54) is 6.07 Å². The van der Waals surface area contributed by atoms with Crippen LogP contribution in [0.3, 0.4) is 0 Å². The van der Waals surface area contributed by atoms with Crippen LogP contribution in [0.5, 0.6) is 5.75 Å². The van der Waals surface area contributed by atoms with Crippen LogP contribution in [-0.2, 0) is 11.2 Å². The van der Waals surface area contributed by atoms with Gasteiger partial charge in [0.25, 0.3) is 0 Å². The summed E-state index contributed by atoms with van der Waals surface area (Å²) >= 11 is 0. The van der Waals surface area contributed by atoms with Crippen LogP contribution in [0.15, 0.2) is 22.6 Å². The molecule has 0 aliphatic rings. The Kier molecular flexibility index (Phi) is 2.11. The van der Waals surface area contributed by atoms with Crippen LogP contribution in [-0.4, -0.2) is 16.2 Å². The normalized spacial score (nSPS) is 10.7. The Bertz CT molecular complexity index is 525. The van der Waals surface area contributed by atoms with E-state index in [9.17, 15) is 9.90 Å². The largest absolute Gasteiger partial charge is 0.508 e. The third-order valence-corrected chi connectivity index (χ3v) is 2.27. The molecule has 4 nitrogen and oxygen atoms in total. The number of carboxylic acids is 1. The molecule has 1 aromatic heterocycles. The molecule has 0 radical (unpaired) electrons. The van der Waals surface area contributed by atoms with E-state index in [0.717, 1.165) is 10.8 Å². The Morgan fingerprint density at radius 2 is 2.13 bits per heavy atom. The van der Waals surface area contributed by atoms with E-state index in [2.05, 4.69) is 0 Å². The first-order valence-electron chi connectivity index (χ1n) is 4.50. The summed E-state index contributed by atoms with van der Waals surface area (Å²) in [4.78, 5) is 10.6. The summed E-state index contributed by atoms with van der Waals surface area (Å²) in [6.07, 6.45) is -0.144. The number of hydrogen-bond acceptors (Lipinski definition) is 3. The molecule has 1 heterocycles. The lowest BCUT2D eigenvalue weighted by Crippen LogP contribution is -1.98. The van der Waals surface area contributed by atoms with Crippen LogP contribution in [0, 0.1) is 6.92 Å². The number of furan rings is 1. The molecule has 0 aliphatic carbocycles. The highest BCUT2D eigenvalue weighted by Gasteiger charge is 2.13. The summed E-state index contributed by atoms with van der Waals surface area (Å²) in [6, 6.07) is 4.75. The summed E-state index contributed by atoms with van der Waals surface area (Å²) in [5, 5.41) is 19.5. The van der Waals surface area contributed by atoms with Gasteiger partial charge >= 0.3 is 5.97 Å². The number of aryl methyl sites for hydroxylation is 1. The molecule has 4 heteroatoms. The van der Waals surface area contributed by atoms with E-state index in [4.69, 9.17) is 9.52 Å². The molecule has 0 atom stereocenters. The maximum absolute atomic E-state index is 10.6. The van der Waals surface area contributed by atoms with Gasteiger partial charge in [0, 0.05) is 10.8 Å². The molecule has 0 spiro atoms. The maximum atomic E-state index is 10.6. The predicted octanol–water partition coefficient (Wildman–Crippen LogP) is 2.07. The molecule has 0 bridgehead atoms. The SMILES string of the molecule is Cc1oc(CC(=O)O)c2ccc(O)cc12. The standard InChI is InChI=1S/C11H10O4/c1-6-9-4-7(12)2-3-8(9)10(15-6)5-11(13)14/h2-4,12H,5H2,1H3,(H,13,14). The highest BCUT2D eigenvalue weighted by molar-refractivity contribution is 5.90. The third kappa shape index (κ3) is 1.66. The first-order chi connectivity index (χ1) is 7.08. The molecule has 0 amide bonds. The molecule has 1 aromatic carbocycles. The lowest BCUT2D eigenvalue weighted by Gasteiger charge is -1.93. The van der Waals surface area contributed by atoms with Gasteiger partial charge in [-0.05, 0) is 25.1 Å². The molecule has 78 valence electrons. The van der Waals surface area contributed by atoms with Gasteiger partial charge < -0.3 is 14.6 Å². The van der Waals surface area contributed by atoms with Crippen molar-refractivity contribution in [3.63, 3.8) is 0 Å². The second-order valence-corrected chi connectivity index (χ2v) is 3.38. The minimum Gasteiger partial charge on any atom is -0.508 e. The average Bonchev–Trinajstić information content (AvgIpc) is 2.42. The number of rotatable bonds is 2. The highest BCUT2D eigenvalue weighted by atomic mass is 16.4. The summed E-state index contributed by atoms with van der Waals surface area (Å²) in [5.74, 6) is 0.263. The number of fused-ring (bicyclic) bond motifs is 1. The molecule has 0 saturated carbocycles. The average molecular weight is 206 g/mol. The molecule has 0 saturated heterocycles. The molecule has 0 aliphatic heterocycles. The quantitative estimate of drug-likeness (QED) is 0.789. The molecular formula is C11H10O4. The second-order valence-electron chi connectivity index (χ2n) is 3.38. The zero-order valence-electron chi connectivity index (χ0n) is 8.15. The van der Waals surface area contributed by atoms with E-state index < -0.39 is 5.97 Å². The van der Waals surface area contributed by atoms with Crippen LogP contribution in [0.25, 0.3) is 10.8 Å². The van der Waals surface area contributed by atoms with Crippen molar-refractivity contribution in [3.8, 4) is 5.75 Å². The number of phenolic OH excluding ortho intramolecular Hbond substituents is 1. The fourth-order valence-electron chi connectivity index (χ4n) is 1.63. The maximum Gasteiger partial charge on any atom is 0.311 e. The van der Waals surface area contributed by atoms with Crippen LogP contribution in [0.4, 0.5) is 0 Å². The van der Waals surface area contributed by atoms with Gasteiger partial charge in [-0.3, -0.25) is 4.79 Å². The van der Waals surface area contributed by atoms with Crippen LogP contribution in [0.1, 0.15) is 11.5 Å². The van der Waals surface area contributed by atoms with Crippen LogP contribution in [0.2, 0.25) is 0 Å². The van der Waals surface area contributed by atoms with Gasteiger partial charge in [0.1, 0.15) is 23.7 Å². The zero-order chi connectivity index (χ0) is 11.0. The van der Waals surface area contributed by atoms with Crippen molar-refractivity contribution >= 4 is 16.7 Å². The lowest BCUT2D eigenvalue weighted by atomic mass is 10.1. The third-order valence-electron chi connectivity index (χ3n) is 2.27. The smallest absolute Gasteiger partial charge is 0.311 e. The van der Waals surface area contributed by atoms with Crippen molar-refractivity contribution in [1.82, 2.24) is 0 Å². The lowest BCUT2D eigenvalue weighted by molar-refractivity contribution is -0.136. The van der Waals surface area contributed by atoms with Crippen molar-refractivity contribution in [2.45, 2.75) is 13.3 Å². The van der Waals surface area contributed by atoms with Crippen molar-refractivity contribution in [1.29, 1.82) is 0 Å². The highest BCUT2D eigenvalue weighted by Crippen LogP contribution is 2.28. The Hall–Kier alpha value is -1.97. The summed E-state index contributed by atoms with van der Waals surface area (Å²) < 4.78 is 5.34. The van der Waals surface area contributed by atoms with Crippen molar-refractivity contribution in [3.05, 3.63) is 29.7 Å². The monoisotopic (exact) mass is 206 g/mol. The molecule has 0 unspecified atom stereocenters. The molecular weight excluding hydrogens is 196 g/mol. The van der Waals surface area contributed by atoms with E-state index in [1.54, 1.807) is 19.1 Å². The first-order valence-corrected chi connectivity index (χ1v) is 4.50. The number of phenols is 1. The first kappa shape index (κ1) is 9.58. The summed E-state index contributed by atoms with van der Waals surface area (Å²) in [7, 11) is 0. The van der Waals surface area contributed by atoms with Crippen LogP contribution >= 0.6 is 0 Å². The Morgan fingerprint density at radius 3 is 2.80 bits per heavy atom. The van der Waals surface area contributed by atoms with Gasteiger partial charge in [-0.2, -0.15) is 0 Å². The number of aliphatic carboxylic acids is 1. The summed E-state index contributed by atoms with van der Waals surface area (Å²) in [6.45, 7) is 1.74. The fraction of sp³-hybridized carbons (Fsp3) is 0.182. The molecule has 2 N–H and O–H groups in total. The topological polar surface area (TPSA) is 70.7 Å². The number of benzene rings is 1. The zero-order valence-corrected chi connectivity index (χ0v) is 8.15. The van der Waals surface area contributed by atoms with Gasteiger partial charge in [-0.15, -0.1) is 0 Å². The van der Waals surface area contributed by atoms with Gasteiger partial charge in [0.15, 0.2) is 0 Å². The van der Waals surface area contributed by atoms with Crippen molar-refractivity contribution < 1.29 is 19.4 Å². The fourth-order valence-corrected chi connectivity index (χ4v) is 1.63. The van der Waals surface area contributed by atoms with E-state index >= 15 is 0 Å². The Balaban J connectivity index is 2.62. The minimum atomic E-state index is -0.932. The summed E-state index contributed by atoms with van der Waals surface area (Å²) in [5.41, 5.74) is 0. The van der Waals surface area contributed by atoms with Crippen molar-refractivity contribution in [2.75, 3.05) is 0 Å². The van der Waals surface area contributed by atoms with E-state index in [-0.39, 0.29) is 12.2 Å². The van der Waals surface area contributed by atoms with Gasteiger partial charge in [-0.1, -0.05) is 0 Å². The number of aromatic hydroxyl groups is 1. The van der Waals surface area contributed by atoms with Gasteiger partial charge in [-0.25, -0.2) is 0 Å². The Morgan fingerprint density at radius 1 is 1.40 bits per heavy atom. The molecule has 2 rings (SSSR count). The van der Waals surface area contributed by atoms with E-state index in [1.807, 2.05) is 0 Å². The van der Waals surface area contributed by atoms with E-state index in [0.29, 0.717) is 11.5 Å². The van der Waals surface area contributed by atoms with Crippen LogP contribution < -0.4 is 0 Å². The van der Waals surface area contributed by atoms with Gasteiger partial charge in [0.05, 0.1) is 0 Å². The second kappa shape index (κ2) is 3.31. The molecule has 0 fully saturated rings. The van der Waals surface area contributed by atoms with Crippen molar-refractivity contribution in [2.24, 2.45) is 0 Å². The number of carbonyl (C=O) groups is 1. The molecule has 2 aromatic rings. The number of carboxylic acid groups (broad SMARTS) is 1. The molecule has 15 heavy (non-hydrogen) atoms. The number of hydrogen-bond donors (Lipinski definition) is 2. The Labute approximate surface area is 85.8 Å². The predicted molar refractivity (Wildman–Crippen MR) is 54.0 cm³/mol.